The first kappa shape index (κ1) is 26.3. The summed E-state index contributed by atoms with van der Waals surface area (Å²) in [7, 11) is 0. The molecule has 1 unspecified atom stereocenters. The summed E-state index contributed by atoms with van der Waals surface area (Å²) in [5.74, 6) is 0.0386. The van der Waals surface area contributed by atoms with E-state index in [1.165, 1.54) is 24.3 Å². The van der Waals surface area contributed by atoms with Crippen LogP contribution in [0.5, 0.6) is 11.5 Å². The summed E-state index contributed by atoms with van der Waals surface area (Å²) in [6.45, 7) is 3.01. The third kappa shape index (κ3) is 8.68. The topological polar surface area (TPSA) is 89.1 Å². The van der Waals surface area contributed by atoms with Crippen LogP contribution >= 0.6 is 0 Å². The molecular weight excluding hydrogens is 477 g/mol. The van der Waals surface area contributed by atoms with Crippen molar-refractivity contribution in [1.82, 2.24) is 10.2 Å². The predicted octanol–water partition coefficient (Wildman–Crippen LogP) is 3.59. The first-order valence-corrected chi connectivity index (χ1v) is 12.1. The molecule has 1 saturated heterocycles. The van der Waals surface area contributed by atoms with Gasteiger partial charge in [-0.3, -0.25) is 14.5 Å². The number of nitrogens with one attached hydrogen (secondary N) is 2. The van der Waals surface area contributed by atoms with Crippen molar-refractivity contribution in [3.63, 3.8) is 0 Å². The number of amides is 2. The van der Waals surface area contributed by atoms with Crippen LogP contribution in [-0.2, 0) is 25.7 Å². The molecule has 1 aliphatic heterocycles. The first-order valence-electron chi connectivity index (χ1n) is 12.1. The highest BCUT2D eigenvalue weighted by atomic mass is 19.1. The van der Waals surface area contributed by atoms with E-state index in [1.54, 1.807) is 24.3 Å². The number of carbonyl (C=O) groups excluding carboxylic acids is 2. The van der Waals surface area contributed by atoms with Crippen LogP contribution in [0.15, 0.2) is 78.9 Å². The van der Waals surface area contributed by atoms with Crippen molar-refractivity contribution < 1.29 is 28.2 Å². The maximum absolute atomic E-state index is 13.1. The van der Waals surface area contributed by atoms with Crippen molar-refractivity contribution in [2.45, 2.75) is 12.6 Å². The Morgan fingerprint density at radius 3 is 2.24 bits per heavy atom. The van der Waals surface area contributed by atoms with E-state index in [4.69, 9.17) is 14.2 Å². The fraction of sp³-hybridized carbons (Fsp3) is 0.286. The molecule has 194 valence electrons. The Morgan fingerprint density at radius 2 is 1.57 bits per heavy atom. The van der Waals surface area contributed by atoms with Crippen molar-refractivity contribution in [2.75, 3.05) is 44.8 Å². The van der Waals surface area contributed by atoms with E-state index < -0.39 is 11.9 Å². The second-order valence-electron chi connectivity index (χ2n) is 8.58. The standard InChI is InChI=1S/C28H30FN3O5/c29-22-6-10-24(11-7-22)37-25-12-8-23(9-13-25)30-28(34)26(20-36-19-21-4-2-1-3-5-21)31-27(33)18-32-14-16-35-17-15-32/h1-13,26H,14-20H2,(H,30,34)(H,31,33). The van der Waals surface area contributed by atoms with Gasteiger partial charge in [-0.15, -0.1) is 0 Å². The molecule has 1 heterocycles. The molecule has 0 aliphatic carbocycles. The van der Waals surface area contributed by atoms with Crippen molar-refractivity contribution in [1.29, 1.82) is 0 Å². The largest absolute Gasteiger partial charge is 0.457 e. The minimum atomic E-state index is -0.882. The lowest BCUT2D eigenvalue weighted by Crippen LogP contribution is -2.51. The Bertz CT molecular complexity index is 1140. The van der Waals surface area contributed by atoms with Gasteiger partial charge in [0.1, 0.15) is 23.4 Å². The Morgan fingerprint density at radius 1 is 0.919 bits per heavy atom. The summed E-state index contributed by atoms with van der Waals surface area (Å²) in [4.78, 5) is 27.8. The zero-order chi connectivity index (χ0) is 25.9. The average molecular weight is 508 g/mol. The number of halogens is 1. The van der Waals surface area contributed by atoms with Crippen LogP contribution in [0.3, 0.4) is 0 Å². The van der Waals surface area contributed by atoms with Crippen LogP contribution in [0.1, 0.15) is 5.56 Å². The van der Waals surface area contributed by atoms with Gasteiger partial charge in [0, 0.05) is 18.8 Å². The summed E-state index contributed by atoms with van der Waals surface area (Å²) in [5, 5.41) is 5.63. The van der Waals surface area contributed by atoms with Gasteiger partial charge in [0.05, 0.1) is 33.0 Å². The monoisotopic (exact) mass is 507 g/mol. The number of carbonyl (C=O) groups is 2. The van der Waals surface area contributed by atoms with Gasteiger partial charge in [0.15, 0.2) is 0 Å². The van der Waals surface area contributed by atoms with Crippen LogP contribution in [0, 0.1) is 5.82 Å². The Labute approximate surface area is 215 Å². The Kier molecular flexibility index (Phi) is 9.59. The second-order valence-corrected chi connectivity index (χ2v) is 8.58. The minimum Gasteiger partial charge on any atom is -0.457 e. The zero-order valence-corrected chi connectivity index (χ0v) is 20.4. The maximum atomic E-state index is 13.1. The number of hydrogen-bond acceptors (Lipinski definition) is 6. The van der Waals surface area contributed by atoms with E-state index in [0.29, 0.717) is 50.1 Å². The van der Waals surface area contributed by atoms with Gasteiger partial charge in [0.25, 0.3) is 0 Å². The molecule has 0 aromatic heterocycles. The smallest absolute Gasteiger partial charge is 0.249 e. The first-order chi connectivity index (χ1) is 18.0. The van der Waals surface area contributed by atoms with Gasteiger partial charge in [-0.25, -0.2) is 4.39 Å². The molecule has 2 N–H and O–H groups in total. The second kappa shape index (κ2) is 13.5. The number of nitrogens with zero attached hydrogens (tertiary/aromatic N) is 1. The van der Waals surface area contributed by atoms with Crippen molar-refractivity contribution in [3.05, 3.63) is 90.2 Å². The maximum Gasteiger partial charge on any atom is 0.249 e. The number of anilines is 1. The van der Waals surface area contributed by atoms with Gasteiger partial charge >= 0.3 is 0 Å². The van der Waals surface area contributed by atoms with Crippen LogP contribution in [0.25, 0.3) is 0 Å². The van der Waals surface area contributed by atoms with Gasteiger partial charge < -0.3 is 24.8 Å². The molecule has 0 saturated carbocycles. The van der Waals surface area contributed by atoms with E-state index >= 15 is 0 Å². The van der Waals surface area contributed by atoms with Gasteiger partial charge in [0.2, 0.25) is 11.8 Å². The lowest BCUT2D eigenvalue weighted by atomic mass is 10.2. The van der Waals surface area contributed by atoms with E-state index in [1.807, 2.05) is 35.2 Å². The number of rotatable bonds is 11. The van der Waals surface area contributed by atoms with Crippen LogP contribution in [0.2, 0.25) is 0 Å². The summed E-state index contributed by atoms with van der Waals surface area (Å²) in [5.41, 5.74) is 1.50. The van der Waals surface area contributed by atoms with Gasteiger partial charge in [-0.05, 0) is 54.1 Å². The third-order valence-corrected chi connectivity index (χ3v) is 5.69. The fourth-order valence-corrected chi connectivity index (χ4v) is 3.73. The molecular formula is C28H30FN3O5. The van der Waals surface area contributed by atoms with Crippen LogP contribution in [-0.4, -0.2) is 62.2 Å². The van der Waals surface area contributed by atoms with Gasteiger partial charge in [-0.2, -0.15) is 0 Å². The predicted molar refractivity (Wildman–Crippen MR) is 137 cm³/mol. The molecule has 3 aromatic carbocycles. The molecule has 0 bridgehead atoms. The van der Waals surface area contributed by atoms with Crippen molar-refractivity contribution in [2.24, 2.45) is 0 Å². The Balaban J connectivity index is 1.34. The van der Waals surface area contributed by atoms with Gasteiger partial charge in [-0.1, -0.05) is 30.3 Å². The van der Waals surface area contributed by atoms with E-state index in [0.717, 1.165) is 5.56 Å². The van der Waals surface area contributed by atoms with Crippen molar-refractivity contribution >= 4 is 17.5 Å². The summed E-state index contributed by atoms with van der Waals surface area (Å²) < 4.78 is 29.9. The molecule has 1 aliphatic rings. The SMILES string of the molecule is O=C(CN1CCOCC1)NC(COCc1ccccc1)C(=O)Nc1ccc(Oc2ccc(F)cc2)cc1. The van der Waals surface area contributed by atoms with E-state index in [-0.39, 0.29) is 24.9 Å². The number of benzene rings is 3. The van der Waals surface area contributed by atoms with Crippen LogP contribution in [0.4, 0.5) is 10.1 Å². The number of ether oxygens (including phenoxy) is 3. The molecule has 37 heavy (non-hydrogen) atoms. The molecule has 0 radical (unpaired) electrons. The minimum absolute atomic E-state index is 0.0152. The molecule has 2 amide bonds. The quantitative estimate of drug-likeness (QED) is 0.413. The molecule has 8 nitrogen and oxygen atoms in total. The molecule has 0 spiro atoms. The zero-order valence-electron chi connectivity index (χ0n) is 20.4. The lowest BCUT2D eigenvalue weighted by Gasteiger charge is -2.27. The van der Waals surface area contributed by atoms with Crippen molar-refractivity contribution in [3.8, 4) is 11.5 Å². The normalized spacial score (nSPS) is 14.5. The molecule has 1 atom stereocenters. The molecule has 9 heteroatoms. The fourth-order valence-electron chi connectivity index (χ4n) is 3.73. The molecule has 3 aromatic rings. The summed E-state index contributed by atoms with van der Waals surface area (Å²) >= 11 is 0. The average Bonchev–Trinajstić information content (AvgIpc) is 2.91. The van der Waals surface area contributed by atoms with E-state index in [9.17, 15) is 14.0 Å². The molecule has 4 rings (SSSR count). The number of morpholine rings is 1. The lowest BCUT2D eigenvalue weighted by molar-refractivity contribution is -0.129. The Hall–Kier alpha value is -3.79. The highest BCUT2D eigenvalue weighted by Gasteiger charge is 2.23. The van der Waals surface area contributed by atoms with Crippen LogP contribution < -0.4 is 15.4 Å². The molecule has 1 fully saturated rings. The summed E-state index contributed by atoms with van der Waals surface area (Å²) in [6.07, 6.45) is 0. The highest BCUT2D eigenvalue weighted by Crippen LogP contribution is 2.23. The third-order valence-electron chi connectivity index (χ3n) is 5.69. The number of hydrogen-bond donors (Lipinski definition) is 2. The summed E-state index contributed by atoms with van der Waals surface area (Å²) in [6, 6.07) is 21.2. The van der Waals surface area contributed by atoms with E-state index in [2.05, 4.69) is 10.6 Å². The highest BCUT2D eigenvalue weighted by molar-refractivity contribution is 5.97.